The van der Waals surface area contributed by atoms with E-state index in [4.69, 9.17) is 0 Å². The molecule has 1 aliphatic heterocycles. The Morgan fingerprint density at radius 2 is 2.35 bits per heavy atom. The average Bonchev–Trinajstić information content (AvgIpc) is 3.02. The number of rotatable bonds is 2. The minimum absolute atomic E-state index is 0.0225. The molecule has 5 nitrogen and oxygen atoms in total. The maximum absolute atomic E-state index is 12.6. The van der Waals surface area contributed by atoms with Crippen LogP contribution in [0, 0.1) is 5.41 Å². The van der Waals surface area contributed by atoms with Gasteiger partial charge in [0, 0.05) is 30.7 Å². The summed E-state index contributed by atoms with van der Waals surface area (Å²) in [5, 5.41) is 10.8. The molecule has 3 heterocycles. The van der Waals surface area contributed by atoms with Crippen molar-refractivity contribution in [2.24, 2.45) is 5.41 Å². The van der Waals surface area contributed by atoms with Crippen LogP contribution in [-0.2, 0) is 0 Å². The molecule has 1 spiro atoms. The monoisotopic (exact) mass is 270 g/mol. The Kier molecular flexibility index (Phi) is 2.57. The second-order valence-corrected chi connectivity index (χ2v) is 5.97. The molecule has 104 valence electrons. The predicted molar refractivity (Wildman–Crippen MR) is 75.6 cm³/mol. The van der Waals surface area contributed by atoms with E-state index in [-0.39, 0.29) is 5.91 Å². The summed E-state index contributed by atoms with van der Waals surface area (Å²) >= 11 is 0. The number of carbonyl (C=O) groups is 1. The summed E-state index contributed by atoms with van der Waals surface area (Å²) < 4.78 is 1.74. The van der Waals surface area contributed by atoms with E-state index in [0.29, 0.717) is 17.0 Å². The lowest BCUT2D eigenvalue weighted by Gasteiger charge is -2.44. The van der Waals surface area contributed by atoms with Crippen LogP contribution >= 0.6 is 0 Å². The van der Waals surface area contributed by atoms with Crippen LogP contribution in [-0.4, -0.2) is 34.7 Å². The van der Waals surface area contributed by atoms with E-state index < -0.39 is 0 Å². The zero-order valence-electron chi connectivity index (χ0n) is 11.3. The van der Waals surface area contributed by atoms with Crippen molar-refractivity contribution in [2.45, 2.75) is 25.3 Å². The predicted octanol–water partition coefficient (Wildman–Crippen LogP) is 1.21. The molecule has 2 fully saturated rings. The van der Waals surface area contributed by atoms with Crippen LogP contribution in [0.4, 0.5) is 0 Å². The summed E-state index contributed by atoms with van der Waals surface area (Å²) in [6, 6.07) is 5.92. The molecular weight excluding hydrogens is 252 g/mol. The molecule has 1 unspecified atom stereocenters. The number of fused-ring (bicyclic) bond motifs is 1. The SMILES string of the molecule is O=C(NC1CCCC12CNC2)c1cccn2nccc12. The van der Waals surface area contributed by atoms with Crippen molar-refractivity contribution >= 4 is 11.4 Å². The van der Waals surface area contributed by atoms with E-state index in [1.54, 1.807) is 10.7 Å². The molecule has 1 amide bonds. The number of nitrogens with one attached hydrogen (secondary N) is 2. The third kappa shape index (κ3) is 1.66. The van der Waals surface area contributed by atoms with Crippen LogP contribution in [0.5, 0.6) is 0 Å². The Hall–Kier alpha value is -1.88. The molecule has 4 rings (SSSR count). The van der Waals surface area contributed by atoms with Gasteiger partial charge in [-0.25, -0.2) is 4.52 Å². The highest BCUT2D eigenvalue weighted by Gasteiger charge is 2.47. The van der Waals surface area contributed by atoms with Gasteiger partial charge in [-0.3, -0.25) is 4.79 Å². The third-order valence-electron chi connectivity index (χ3n) is 4.85. The first-order chi connectivity index (χ1) is 9.78. The van der Waals surface area contributed by atoms with Gasteiger partial charge >= 0.3 is 0 Å². The van der Waals surface area contributed by atoms with Crippen molar-refractivity contribution in [1.29, 1.82) is 0 Å². The lowest BCUT2D eigenvalue weighted by Crippen LogP contribution is -2.61. The highest BCUT2D eigenvalue weighted by molar-refractivity contribution is 6.00. The first-order valence-corrected chi connectivity index (χ1v) is 7.22. The minimum atomic E-state index is 0.0225. The number of aromatic nitrogens is 2. The van der Waals surface area contributed by atoms with Crippen LogP contribution < -0.4 is 10.6 Å². The van der Waals surface area contributed by atoms with Gasteiger partial charge in [-0.2, -0.15) is 5.10 Å². The Labute approximate surface area is 117 Å². The standard InChI is InChI=1S/C15H18N4O/c20-14(11-3-2-8-19-12(11)5-7-17-19)18-13-4-1-6-15(13)9-16-10-15/h2-3,5,7-8,13,16H,1,4,6,9-10H2,(H,18,20). The number of nitrogens with zero attached hydrogens (tertiary/aromatic N) is 2. The number of hydrogen-bond donors (Lipinski definition) is 2. The van der Waals surface area contributed by atoms with E-state index in [2.05, 4.69) is 15.7 Å². The number of hydrogen-bond acceptors (Lipinski definition) is 3. The van der Waals surface area contributed by atoms with E-state index in [9.17, 15) is 4.79 Å². The number of pyridine rings is 1. The lowest BCUT2D eigenvalue weighted by atomic mass is 9.77. The van der Waals surface area contributed by atoms with Crippen LogP contribution in [0.1, 0.15) is 29.6 Å². The number of amides is 1. The van der Waals surface area contributed by atoms with Crippen LogP contribution in [0.15, 0.2) is 30.6 Å². The first kappa shape index (κ1) is 11.9. The van der Waals surface area contributed by atoms with Gasteiger partial charge in [0.1, 0.15) is 0 Å². The van der Waals surface area contributed by atoms with Crippen molar-refractivity contribution in [3.05, 3.63) is 36.2 Å². The summed E-state index contributed by atoms with van der Waals surface area (Å²) in [4.78, 5) is 12.6. The molecule has 1 saturated heterocycles. The summed E-state index contributed by atoms with van der Waals surface area (Å²) in [6.45, 7) is 2.07. The Morgan fingerprint density at radius 1 is 1.45 bits per heavy atom. The van der Waals surface area contributed by atoms with Gasteiger partial charge in [-0.15, -0.1) is 0 Å². The fourth-order valence-electron chi connectivity index (χ4n) is 3.61. The molecule has 0 aromatic carbocycles. The Balaban J connectivity index is 1.60. The molecule has 0 radical (unpaired) electrons. The Morgan fingerprint density at radius 3 is 3.15 bits per heavy atom. The second-order valence-electron chi connectivity index (χ2n) is 5.97. The molecule has 2 aromatic rings. The summed E-state index contributed by atoms with van der Waals surface area (Å²) in [7, 11) is 0. The average molecular weight is 270 g/mol. The van der Waals surface area contributed by atoms with Gasteiger partial charge in [0.25, 0.3) is 5.91 Å². The smallest absolute Gasteiger partial charge is 0.253 e. The van der Waals surface area contributed by atoms with Gasteiger partial charge in [0.05, 0.1) is 17.3 Å². The first-order valence-electron chi connectivity index (χ1n) is 7.22. The zero-order valence-corrected chi connectivity index (χ0v) is 11.3. The highest BCUT2D eigenvalue weighted by Crippen LogP contribution is 2.41. The second kappa shape index (κ2) is 4.31. The van der Waals surface area contributed by atoms with Gasteiger partial charge < -0.3 is 10.6 Å². The molecule has 2 aromatic heterocycles. The molecule has 1 saturated carbocycles. The van der Waals surface area contributed by atoms with Gasteiger partial charge in [-0.1, -0.05) is 6.42 Å². The van der Waals surface area contributed by atoms with Gasteiger partial charge in [0.2, 0.25) is 0 Å². The molecule has 1 atom stereocenters. The largest absolute Gasteiger partial charge is 0.349 e. The van der Waals surface area contributed by atoms with Crippen molar-refractivity contribution < 1.29 is 4.79 Å². The normalized spacial score (nSPS) is 23.9. The zero-order chi connectivity index (χ0) is 13.6. The van der Waals surface area contributed by atoms with Crippen molar-refractivity contribution in [3.8, 4) is 0 Å². The maximum Gasteiger partial charge on any atom is 0.253 e. The fraction of sp³-hybridized carbons (Fsp3) is 0.467. The maximum atomic E-state index is 12.6. The molecular formula is C15H18N4O. The van der Waals surface area contributed by atoms with Gasteiger partial charge in [-0.05, 0) is 31.0 Å². The van der Waals surface area contributed by atoms with Crippen molar-refractivity contribution in [2.75, 3.05) is 13.1 Å². The van der Waals surface area contributed by atoms with Gasteiger partial charge in [0.15, 0.2) is 0 Å². The summed E-state index contributed by atoms with van der Waals surface area (Å²) in [6.07, 6.45) is 7.11. The molecule has 5 heteroatoms. The van der Waals surface area contributed by atoms with E-state index in [1.807, 2.05) is 24.4 Å². The fourth-order valence-corrected chi connectivity index (χ4v) is 3.61. The highest BCUT2D eigenvalue weighted by atomic mass is 16.1. The van der Waals surface area contributed by atoms with E-state index in [1.165, 1.54) is 12.8 Å². The Bertz CT molecular complexity index is 659. The molecule has 2 N–H and O–H groups in total. The van der Waals surface area contributed by atoms with E-state index >= 15 is 0 Å². The number of carbonyl (C=O) groups excluding carboxylic acids is 1. The molecule has 1 aliphatic carbocycles. The molecule has 20 heavy (non-hydrogen) atoms. The van der Waals surface area contributed by atoms with Crippen LogP contribution in [0.25, 0.3) is 5.52 Å². The van der Waals surface area contributed by atoms with Crippen LogP contribution in [0.3, 0.4) is 0 Å². The molecule has 2 aliphatic rings. The topological polar surface area (TPSA) is 58.4 Å². The van der Waals surface area contributed by atoms with Crippen molar-refractivity contribution in [1.82, 2.24) is 20.2 Å². The van der Waals surface area contributed by atoms with Crippen molar-refractivity contribution in [3.63, 3.8) is 0 Å². The third-order valence-corrected chi connectivity index (χ3v) is 4.85. The van der Waals surface area contributed by atoms with E-state index in [0.717, 1.165) is 25.0 Å². The quantitative estimate of drug-likeness (QED) is 0.862. The van der Waals surface area contributed by atoms with Crippen LogP contribution in [0.2, 0.25) is 0 Å². The molecule has 0 bridgehead atoms. The minimum Gasteiger partial charge on any atom is -0.349 e. The summed E-state index contributed by atoms with van der Waals surface area (Å²) in [5.41, 5.74) is 1.88. The summed E-state index contributed by atoms with van der Waals surface area (Å²) in [5.74, 6) is 0.0225. The lowest BCUT2D eigenvalue weighted by molar-refractivity contribution is 0.0832.